The SMILES string of the molecule is Cc1ccc2c(c1)C(O)C(N1CCC(C(=O)O)CC1)CO2. The zero-order valence-corrected chi connectivity index (χ0v) is 12.2. The molecular formula is C16H21NO4. The predicted molar refractivity (Wildman–Crippen MR) is 77.4 cm³/mol. The molecule has 0 aromatic heterocycles. The van der Waals surface area contributed by atoms with Crippen LogP contribution in [0.1, 0.15) is 30.1 Å². The second kappa shape index (κ2) is 5.66. The van der Waals surface area contributed by atoms with E-state index in [-0.39, 0.29) is 12.0 Å². The van der Waals surface area contributed by atoms with Crippen molar-refractivity contribution in [1.82, 2.24) is 4.90 Å². The number of carboxylic acids is 1. The Morgan fingerprint density at radius 1 is 1.33 bits per heavy atom. The molecule has 2 N–H and O–H groups in total. The van der Waals surface area contributed by atoms with Crippen LogP contribution < -0.4 is 4.74 Å². The number of likely N-dealkylation sites (tertiary alicyclic amines) is 1. The fourth-order valence-electron chi connectivity index (χ4n) is 3.29. The first-order chi connectivity index (χ1) is 10.1. The molecule has 3 rings (SSSR count). The van der Waals surface area contributed by atoms with Crippen molar-refractivity contribution in [2.75, 3.05) is 19.7 Å². The lowest BCUT2D eigenvalue weighted by Crippen LogP contribution is -2.49. The molecule has 0 aliphatic carbocycles. The monoisotopic (exact) mass is 291 g/mol. The van der Waals surface area contributed by atoms with Crippen LogP contribution in [-0.4, -0.2) is 46.8 Å². The fourth-order valence-corrected chi connectivity index (χ4v) is 3.29. The van der Waals surface area contributed by atoms with Gasteiger partial charge < -0.3 is 14.9 Å². The minimum atomic E-state index is -0.712. The van der Waals surface area contributed by atoms with Gasteiger partial charge in [-0.1, -0.05) is 11.6 Å². The van der Waals surface area contributed by atoms with Gasteiger partial charge in [-0.15, -0.1) is 0 Å². The van der Waals surface area contributed by atoms with E-state index < -0.39 is 12.1 Å². The third kappa shape index (κ3) is 2.76. The molecule has 2 atom stereocenters. The van der Waals surface area contributed by atoms with E-state index in [0.717, 1.165) is 16.9 Å². The van der Waals surface area contributed by atoms with Crippen molar-refractivity contribution in [1.29, 1.82) is 0 Å². The molecule has 21 heavy (non-hydrogen) atoms. The van der Waals surface area contributed by atoms with Gasteiger partial charge in [0.25, 0.3) is 0 Å². The summed E-state index contributed by atoms with van der Waals surface area (Å²) in [6, 6.07) is 5.76. The molecule has 1 aromatic carbocycles. The molecule has 1 fully saturated rings. The number of carbonyl (C=O) groups is 1. The molecule has 1 saturated heterocycles. The highest BCUT2D eigenvalue weighted by atomic mass is 16.5. The number of aryl methyl sites for hydroxylation is 1. The first-order valence-electron chi connectivity index (χ1n) is 7.44. The summed E-state index contributed by atoms with van der Waals surface area (Å²) in [5.74, 6) is -0.210. The average Bonchev–Trinajstić information content (AvgIpc) is 2.48. The van der Waals surface area contributed by atoms with Gasteiger partial charge in [0.05, 0.1) is 12.0 Å². The number of piperidine rings is 1. The average molecular weight is 291 g/mol. The number of ether oxygens (including phenoxy) is 1. The Labute approximate surface area is 124 Å². The number of benzene rings is 1. The van der Waals surface area contributed by atoms with Gasteiger partial charge in [-0.25, -0.2) is 0 Å². The van der Waals surface area contributed by atoms with Crippen LogP contribution in [0.4, 0.5) is 0 Å². The number of hydrogen-bond acceptors (Lipinski definition) is 4. The van der Waals surface area contributed by atoms with E-state index in [2.05, 4.69) is 4.90 Å². The first-order valence-corrected chi connectivity index (χ1v) is 7.44. The van der Waals surface area contributed by atoms with Crippen molar-refractivity contribution < 1.29 is 19.7 Å². The number of fused-ring (bicyclic) bond motifs is 1. The third-order valence-corrected chi connectivity index (χ3v) is 4.61. The zero-order valence-electron chi connectivity index (χ0n) is 12.2. The molecule has 2 aliphatic rings. The number of carboxylic acid groups (broad SMARTS) is 1. The predicted octanol–water partition coefficient (Wildman–Crippen LogP) is 1.59. The standard InChI is InChI=1S/C16H21NO4/c1-10-2-3-14-12(8-10)15(18)13(9-21-14)17-6-4-11(5-7-17)16(19)20/h2-3,8,11,13,15,18H,4-7,9H2,1H3,(H,19,20). The number of aliphatic hydroxyl groups is 1. The summed E-state index contributed by atoms with van der Waals surface area (Å²) in [6.45, 7) is 3.84. The van der Waals surface area contributed by atoms with Crippen molar-refractivity contribution in [3.05, 3.63) is 29.3 Å². The topological polar surface area (TPSA) is 70.0 Å². The smallest absolute Gasteiger partial charge is 0.306 e. The van der Waals surface area contributed by atoms with Crippen LogP contribution in [-0.2, 0) is 4.79 Å². The van der Waals surface area contributed by atoms with Crippen LogP contribution in [0, 0.1) is 12.8 Å². The molecule has 0 spiro atoms. The van der Waals surface area contributed by atoms with Crippen LogP contribution in [0.3, 0.4) is 0 Å². The van der Waals surface area contributed by atoms with Gasteiger partial charge in [-0.05, 0) is 45.0 Å². The number of aliphatic carboxylic acids is 1. The van der Waals surface area contributed by atoms with Crippen LogP contribution in [0.15, 0.2) is 18.2 Å². The Kier molecular flexibility index (Phi) is 3.87. The van der Waals surface area contributed by atoms with E-state index in [0.29, 0.717) is 32.5 Å². The van der Waals surface area contributed by atoms with Crippen molar-refractivity contribution in [2.45, 2.75) is 31.9 Å². The summed E-state index contributed by atoms with van der Waals surface area (Å²) in [5, 5.41) is 19.7. The Bertz CT molecular complexity index is 537. The van der Waals surface area contributed by atoms with Gasteiger partial charge in [0.1, 0.15) is 18.5 Å². The van der Waals surface area contributed by atoms with E-state index in [1.54, 1.807) is 0 Å². The first kappa shape index (κ1) is 14.4. The molecule has 0 bridgehead atoms. The van der Waals surface area contributed by atoms with Crippen molar-refractivity contribution >= 4 is 5.97 Å². The number of aliphatic hydroxyl groups excluding tert-OH is 1. The maximum absolute atomic E-state index is 11.0. The Hall–Kier alpha value is -1.59. The lowest BCUT2D eigenvalue weighted by atomic mass is 9.92. The Morgan fingerprint density at radius 3 is 2.71 bits per heavy atom. The largest absolute Gasteiger partial charge is 0.491 e. The van der Waals surface area contributed by atoms with Crippen LogP contribution in [0.5, 0.6) is 5.75 Å². The van der Waals surface area contributed by atoms with Crippen molar-refractivity contribution in [3.8, 4) is 5.75 Å². The van der Waals surface area contributed by atoms with Gasteiger partial charge in [0, 0.05) is 5.56 Å². The molecule has 0 radical (unpaired) electrons. The summed E-state index contributed by atoms with van der Waals surface area (Å²) in [6.07, 6.45) is 0.702. The molecular weight excluding hydrogens is 270 g/mol. The maximum atomic E-state index is 11.0. The van der Waals surface area contributed by atoms with E-state index in [4.69, 9.17) is 9.84 Å². The maximum Gasteiger partial charge on any atom is 0.306 e. The molecule has 114 valence electrons. The number of nitrogens with zero attached hydrogens (tertiary/aromatic N) is 1. The van der Waals surface area contributed by atoms with Crippen LogP contribution in [0.2, 0.25) is 0 Å². The normalized spacial score (nSPS) is 27.0. The van der Waals surface area contributed by atoms with E-state index >= 15 is 0 Å². The summed E-state index contributed by atoms with van der Waals surface area (Å²) < 4.78 is 5.77. The Morgan fingerprint density at radius 2 is 2.05 bits per heavy atom. The highest BCUT2D eigenvalue weighted by Crippen LogP contribution is 2.36. The molecule has 5 heteroatoms. The minimum Gasteiger partial charge on any atom is -0.491 e. The summed E-state index contributed by atoms with van der Waals surface area (Å²) >= 11 is 0. The zero-order chi connectivity index (χ0) is 15.0. The molecule has 2 aliphatic heterocycles. The minimum absolute atomic E-state index is 0.0888. The quantitative estimate of drug-likeness (QED) is 0.866. The van der Waals surface area contributed by atoms with Crippen molar-refractivity contribution in [2.24, 2.45) is 5.92 Å². The highest BCUT2D eigenvalue weighted by Gasteiger charge is 2.36. The molecule has 0 amide bonds. The van der Waals surface area contributed by atoms with Gasteiger partial charge in [-0.3, -0.25) is 9.69 Å². The van der Waals surface area contributed by atoms with E-state index in [9.17, 15) is 9.90 Å². The summed E-state index contributed by atoms with van der Waals surface area (Å²) in [7, 11) is 0. The summed E-state index contributed by atoms with van der Waals surface area (Å²) in [4.78, 5) is 13.2. The number of rotatable bonds is 2. The fraction of sp³-hybridized carbons (Fsp3) is 0.562. The molecule has 2 heterocycles. The van der Waals surface area contributed by atoms with Crippen LogP contribution >= 0.6 is 0 Å². The van der Waals surface area contributed by atoms with Gasteiger partial charge in [0.15, 0.2) is 0 Å². The van der Waals surface area contributed by atoms with Gasteiger partial charge >= 0.3 is 5.97 Å². The van der Waals surface area contributed by atoms with Gasteiger partial charge in [-0.2, -0.15) is 0 Å². The molecule has 1 aromatic rings. The molecule has 5 nitrogen and oxygen atoms in total. The third-order valence-electron chi connectivity index (χ3n) is 4.61. The highest BCUT2D eigenvalue weighted by molar-refractivity contribution is 5.70. The molecule has 0 saturated carbocycles. The lowest BCUT2D eigenvalue weighted by molar-refractivity contribution is -0.143. The second-order valence-electron chi connectivity index (χ2n) is 6.01. The lowest BCUT2D eigenvalue weighted by Gasteiger charge is -2.41. The van der Waals surface area contributed by atoms with Crippen LogP contribution in [0.25, 0.3) is 0 Å². The van der Waals surface area contributed by atoms with E-state index in [1.807, 2.05) is 25.1 Å². The Balaban J connectivity index is 1.72. The number of hydrogen-bond donors (Lipinski definition) is 2. The molecule has 2 unspecified atom stereocenters. The van der Waals surface area contributed by atoms with Gasteiger partial charge in [0.2, 0.25) is 0 Å². The van der Waals surface area contributed by atoms with Crippen molar-refractivity contribution in [3.63, 3.8) is 0 Å². The second-order valence-corrected chi connectivity index (χ2v) is 6.01. The van der Waals surface area contributed by atoms with E-state index in [1.165, 1.54) is 0 Å². The summed E-state index contributed by atoms with van der Waals surface area (Å²) in [5.41, 5.74) is 1.94.